The van der Waals surface area contributed by atoms with Crippen molar-refractivity contribution in [1.82, 2.24) is 20.1 Å². The molecule has 1 aromatic carbocycles. The third-order valence-electron chi connectivity index (χ3n) is 4.66. The number of hydrogen-bond acceptors (Lipinski definition) is 9. The van der Waals surface area contributed by atoms with Crippen LogP contribution in [0.2, 0.25) is 0 Å². The van der Waals surface area contributed by atoms with Gasteiger partial charge in [0.15, 0.2) is 10.7 Å². The Labute approximate surface area is 191 Å². The second-order valence-electron chi connectivity index (χ2n) is 7.49. The topological polar surface area (TPSA) is 135 Å². The lowest BCUT2D eigenvalue weighted by atomic mass is 10.3. The second-order valence-corrected chi connectivity index (χ2v) is 9.11. The Balaban J connectivity index is 1.48. The summed E-state index contributed by atoms with van der Waals surface area (Å²) in [5.41, 5.74) is 2.53. The SMILES string of the molecule is Cc1ccnc(Nc2cc(Nc3ccc(NS(=O)(=O)c4c(C)noc4C)cc3)nc(C)n2)c1. The predicted octanol–water partition coefficient (Wildman–Crippen LogP) is 4.38. The van der Waals surface area contributed by atoms with E-state index in [2.05, 4.69) is 35.5 Å². The van der Waals surface area contributed by atoms with Crippen molar-refractivity contribution in [3.05, 3.63) is 71.5 Å². The van der Waals surface area contributed by atoms with Crippen molar-refractivity contribution in [2.75, 3.05) is 15.4 Å². The molecular weight excluding hydrogens is 442 g/mol. The number of sulfonamides is 1. The van der Waals surface area contributed by atoms with Crippen LogP contribution >= 0.6 is 0 Å². The van der Waals surface area contributed by atoms with Crippen LogP contribution in [0.4, 0.5) is 28.8 Å². The fourth-order valence-electron chi connectivity index (χ4n) is 3.27. The van der Waals surface area contributed by atoms with E-state index in [0.29, 0.717) is 34.7 Å². The maximum atomic E-state index is 12.7. The van der Waals surface area contributed by atoms with E-state index in [1.54, 1.807) is 57.3 Å². The summed E-state index contributed by atoms with van der Waals surface area (Å²) in [6.07, 6.45) is 1.73. The molecule has 0 aliphatic rings. The van der Waals surface area contributed by atoms with Gasteiger partial charge in [0.25, 0.3) is 10.0 Å². The molecule has 0 saturated carbocycles. The van der Waals surface area contributed by atoms with Crippen molar-refractivity contribution < 1.29 is 12.9 Å². The van der Waals surface area contributed by atoms with Crippen LogP contribution in [0.5, 0.6) is 0 Å². The molecule has 0 fully saturated rings. The molecule has 170 valence electrons. The Morgan fingerprint density at radius 2 is 1.48 bits per heavy atom. The van der Waals surface area contributed by atoms with Gasteiger partial charge in [0, 0.05) is 23.6 Å². The zero-order valence-corrected chi connectivity index (χ0v) is 19.4. The van der Waals surface area contributed by atoms with E-state index in [-0.39, 0.29) is 10.7 Å². The van der Waals surface area contributed by atoms with E-state index in [1.165, 1.54) is 0 Å². The minimum absolute atomic E-state index is 0.0456. The first-order chi connectivity index (χ1) is 15.7. The van der Waals surface area contributed by atoms with Gasteiger partial charge < -0.3 is 15.2 Å². The molecule has 0 spiro atoms. The van der Waals surface area contributed by atoms with Crippen LogP contribution < -0.4 is 15.4 Å². The van der Waals surface area contributed by atoms with E-state index in [9.17, 15) is 8.42 Å². The summed E-state index contributed by atoms with van der Waals surface area (Å²) in [5.74, 6) is 2.70. The van der Waals surface area contributed by atoms with E-state index in [4.69, 9.17) is 4.52 Å². The Kier molecular flexibility index (Phi) is 5.97. The molecule has 0 unspecified atom stereocenters. The molecule has 0 aliphatic carbocycles. The number of aryl methyl sites for hydroxylation is 4. The molecule has 0 amide bonds. The van der Waals surface area contributed by atoms with Crippen LogP contribution in [0, 0.1) is 27.7 Å². The number of nitrogens with one attached hydrogen (secondary N) is 3. The van der Waals surface area contributed by atoms with Crippen molar-refractivity contribution >= 4 is 38.9 Å². The molecule has 0 saturated heterocycles. The normalized spacial score (nSPS) is 11.3. The zero-order valence-electron chi connectivity index (χ0n) is 18.5. The van der Waals surface area contributed by atoms with Crippen LogP contribution in [-0.4, -0.2) is 28.5 Å². The van der Waals surface area contributed by atoms with Crippen molar-refractivity contribution in [2.45, 2.75) is 32.6 Å². The maximum Gasteiger partial charge on any atom is 0.267 e. The van der Waals surface area contributed by atoms with Gasteiger partial charge in [0.05, 0.1) is 0 Å². The number of rotatable bonds is 7. The van der Waals surface area contributed by atoms with Crippen LogP contribution in [0.1, 0.15) is 22.8 Å². The molecule has 11 heteroatoms. The molecule has 4 aromatic rings. The highest BCUT2D eigenvalue weighted by molar-refractivity contribution is 7.92. The minimum Gasteiger partial charge on any atom is -0.360 e. The molecule has 0 bridgehead atoms. The van der Waals surface area contributed by atoms with Crippen LogP contribution in [-0.2, 0) is 10.0 Å². The summed E-state index contributed by atoms with van der Waals surface area (Å²) in [7, 11) is -3.81. The van der Waals surface area contributed by atoms with Crippen LogP contribution in [0.25, 0.3) is 0 Å². The first kappa shape index (κ1) is 22.2. The number of aromatic nitrogens is 4. The lowest BCUT2D eigenvalue weighted by molar-refractivity contribution is 0.390. The van der Waals surface area contributed by atoms with Crippen LogP contribution in [0.15, 0.2) is 58.1 Å². The molecule has 3 aromatic heterocycles. The Morgan fingerprint density at radius 3 is 2.12 bits per heavy atom. The van der Waals surface area contributed by atoms with Crippen molar-refractivity contribution in [3.8, 4) is 0 Å². The summed E-state index contributed by atoms with van der Waals surface area (Å²) in [6.45, 7) is 6.93. The smallest absolute Gasteiger partial charge is 0.267 e. The second kappa shape index (κ2) is 8.87. The molecule has 10 nitrogen and oxygen atoms in total. The van der Waals surface area contributed by atoms with Gasteiger partial charge in [-0.15, -0.1) is 0 Å². The lowest BCUT2D eigenvalue weighted by Gasteiger charge is -2.11. The van der Waals surface area contributed by atoms with Gasteiger partial charge in [-0.1, -0.05) is 5.16 Å². The van der Waals surface area contributed by atoms with Gasteiger partial charge in [-0.3, -0.25) is 4.72 Å². The van der Waals surface area contributed by atoms with Gasteiger partial charge in [0.1, 0.15) is 29.0 Å². The summed E-state index contributed by atoms with van der Waals surface area (Å²) in [4.78, 5) is 13.1. The molecular formula is C22H23N7O3S. The predicted molar refractivity (Wildman–Crippen MR) is 126 cm³/mol. The van der Waals surface area contributed by atoms with E-state index >= 15 is 0 Å². The number of nitrogens with zero attached hydrogens (tertiary/aromatic N) is 4. The van der Waals surface area contributed by atoms with E-state index < -0.39 is 10.0 Å². The average Bonchev–Trinajstić information content (AvgIpc) is 3.08. The first-order valence-corrected chi connectivity index (χ1v) is 11.6. The Morgan fingerprint density at radius 1 is 0.818 bits per heavy atom. The zero-order chi connectivity index (χ0) is 23.6. The van der Waals surface area contributed by atoms with E-state index in [1.807, 2.05) is 19.1 Å². The number of hydrogen-bond donors (Lipinski definition) is 3. The van der Waals surface area contributed by atoms with Crippen LogP contribution in [0.3, 0.4) is 0 Å². The summed E-state index contributed by atoms with van der Waals surface area (Å²) in [6, 6.07) is 12.4. The summed E-state index contributed by atoms with van der Waals surface area (Å²) >= 11 is 0. The summed E-state index contributed by atoms with van der Waals surface area (Å²) in [5, 5.41) is 10.1. The minimum atomic E-state index is -3.81. The first-order valence-electron chi connectivity index (χ1n) is 10.1. The third kappa shape index (κ3) is 5.26. The van der Waals surface area contributed by atoms with Crippen molar-refractivity contribution in [2.24, 2.45) is 0 Å². The van der Waals surface area contributed by atoms with Gasteiger partial charge in [-0.25, -0.2) is 23.4 Å². The largest absolute Gasteiger partial charge is 0.360 e. The summed E-state index contributed by atoms with van der Waals surface area (Å²) < 4.78 is 32.9. The molecule has 0 aliphatic heterocycles. The standard InChI is InChI=1S/C22H23N7O3S/c1-13-9-10-23-19(11-13)27-21-12-20(24-16(4)25-21)26-17-5-7-18(8-6-17)29-33(30,31)22-14(2)28-32-15(22)3/h5-12,29H,1-4H3,(H2,23,24,25,26,27). The third-order valence-corrected chi connectivity index (χ3v) is 6.28. The van der Waals surface area contributed by atoms with Crippen molar-refractivity contribution in [1.29, 1.82) is 0 Å². The lowest BCUT2D eigenvalue weighted by Crippen LogP contribution is -2.14. The highest BCUT2D eigenvalue weighted by atomic mass is 32.2. The highest BCUT2D eigenvalue weighted by Gasteiger charge is 2.24. The van der Waals surface area contributed by atoms with Gasteiger partial charge in [-0.05, 0) is 69.7 Å². The van der Waals surface area contributed by atoms with Gasteiger partial charge in [0.2, 0.25) is 0 Å². The number of benzene rings is 1. The quantitative estimate of drug-likeness (QED) is 0.363. The fraction of sp³-hybridized carbons (Fsp3) is 0.182. The number of anilines is 5. The number of pyridine rings is 1. The van der Waals surface area contributed by atoms with Crippen molar-refractivity contribution in [3.63, 3.8) is 0 Å². The monoisotopic (exact) mass is 465 g/mol. The molecule has 0 radical (unpaired) electrons. The fourth-order valence-corrected chi connectivity index (χ4v) is 4.66. The Hall–Kier alpha value is -3.99. The molecule has 3 heterocycles. The van der Waals surface area contributed by atoms with Gasteiger partial charge in [-0.2, -0.15) is 0 Å². The highest BCUT2D eigenvalue weighted by Crippen LogP contribution is 2.25. The van der Waals surface area contributed by atoms with E-state index in [0.717, 1.165) is 11.3 Å². The molecule has 33 heavy (non-hydrogen) atoms. The average molecular weight is 466 g/mol. The van der Waals surface area contributed by atoms with Gasteiger partial charge >= 0.3 is 0 Å². The molecule has 4 rings (SSSR count). The molecule has 3 N–H and O–H groups in total. The maximum absolute atomic E-state index is 12.7. The molecule has 0 atom stereocenters. The Bertz CT molecular complexity index is 1380.